The first kappa shape index (κ1) is 10.7. The molecule has 0 bridgehead atoms. The molecule has 80 valence electrons. The van der Waals surface area contributed by atoms with Gasteiger partial charge in [-0.05, 0) is 32.0 Å². The minimum atomic E-state index is 0.525. The third-order valence-corrected chi connectivity index (χ3v) is 2.42. The van der Waals surface area contributed by atoms with Crippen molar-refractivity contribution in [3.05, 3.63) is 40.4 Å². The highest BCUT2D eigenvalue weighted by molar-refractivity contribution is 6.30. The Bertz CT molecular complexity index is 580. The highest BCUT2D eigenvalue weighted by Gasteiger charge is 2.10. The number of hydrogen-bond acceptors (Lipinski definition) is 3. The third-order valence-electron chi connectivity index (χ3n) is 2.18. The highest BCUT2D eigenvalue weighted by Crippen LogP contribution is 2.19. The molecule has 0 saturated heterocycles. The SMILES string of the molecule is Cc1nc(C)n(-c2cc(Cl)ccc2C#N)n1. The molecule has 0 fully saturated rings. The highest BCUT2D eigenvalue weighted by atomic mass is 35.5. The van der Waals surface area contributed by atoms with Gasteiger partial charge in [-0.2, -0.15) is 10.4 Å². The summed E-state index contributed by atoms with van der Waals surface area (Å²) < 4.78 is 1.62. The molecule has 0 spiro atoms. The van der Waals surface area contributed by atoms with E-state index in [-0.39, 0.29) is 0 Å². The van der Waals surface area contributed by atoms with Gasteiger partial charge in [0.1, 0.15) is 17.7 Å². The third kappa shape index (κ3) is 1.77. The standard InChI is InChI=1S/C11H9ClN4/c1-7-14-8(2)16(15-7)11-5-10(12)4-3-9(11)6-13/h3-5H,1-2H3. The second-order valence-corrected chi connectivity index (χ2v) is 3.83. The lowest BCUT2D eigenvalue weighted by molar-refractivity contribution is 0.829. The monoisotopic (exact) mass is 232 g/mol. The fourth-order valence-electron chi connectivity index (χ4n) is 1.52. The Morgan fingerprint density at radius 3 is 2.69 bits per heavy atom. The van der Waals surface area contributed by atoms with Crippen LogP contribution < -0.4 is 0 Å². The van der Waals surface area contributed by atoms with E-state index < -0.39 is 0 Å². The van der Waals surface area contributed by atoms with E-state index in [2.05, 4.69) is 16.2 Å². The van der Waals surface area contributed by atoms with Gasteiger partial charge < -0.3 is 0 Å². The van der Waals surface area contributed by atoms with Crippen LogP contribution in [0.3, 0.4) is 0 Å². The molecular formula is C11H9ClN4. The van der Waals surface area contributed by atoms with Crippen molar-refractivity contribution >= 4 is 11.6 Å². The summed E-state index contributed by atoms with van der Waals surface area (Å²) in [6.07, 6.45) is 0. The van der Waals surface area contributed by atoms with Crippen molar-refractivity contribution in [2.24, 2.45) is 0 Å². The minimum Gasteiger partial charge on any atom is -0.217 e. The molecular weight excluding hydrogens is 224 g/mol. The lowest BCUT2D eigenvalue weighted by atomic mass is 10.2. The van der Waals surface area contributed by atoms with Gasteiger partial charge in [0.2, 0.25) is 0 Å². The van der Waals surface area contributed by atoms with Gasteiger partial charge >= 0.3 is 0 Å². The molecule has 0 radical (unpaired) electrons. The molecule has 0 saturated carbocycles. The van der Waals surface area contributed by atoms with Crippen LogP contribution in [0, 0.1) is 25.2 Å². The van der Waals surface area contributed by atoms with Gasteiger partial charge in [-0.3, -0.25) is 0 Å². The van der Waals surface area contributed by atoms with Crippen molar-refractivity contribution in [1.29, 1.82) is 5.26 Å². The van der Waals surface area contributed by atoms with E-state index in [0.29, 0.717) is 22.1 Å². The number of benzene rings is 1. The van der Waals surface area contributed by atoms with Gasteiger partial charge in [-0.25, -0.2) is 9.67 Å². The van der Waals surface area contributed by atoms with Crippen molar-refractivity contribution in [2.75, 3.05) is 0 Å². The van der Waals surface area contributed by atoms with Crippen molar-refractivity contribution in [1.82, 2.24) is 14.8 Å². The molecule has 0 atom stereocenters. The molecule has 4 nitrogen and oxygen atoms in total. The average Bonchev–Trinajstić information content (AvgIpc) is 2.57. The van der Waals surface area contributed by atoms with E-state index in [1.54, 1.807) is 29.8 Å². The first-order chi connectivity index (χ1) is 7.61. The Kier molecular flexibility index (Phi) is 2.63. The Hall–Kier alpha value is -1.86. The molecule has 0 N–H and O–H groups in total. The zero-order chi connectivity index (χ0) is 11.7. The zero-order valence-electron chi connectivity index (χ0n) is 8.90. The molecule has 0 aliphatic carbocycles. The topological polar surface area (TPSA) is 54.5 Å². The predicted octanol–water partition coefficient (Wildman–Crippen LogP) is 2.41. The van der Waals surface area contributed by atoms with E-state index in [1.807, 2.05) is 6.92 Å². The molecule has 16 heavy (non-hydrogen) atoms. The summed E-state index contributed by atoms with van der Waals surface area (Å²) in [4.78, 5) is 4.19. The number of aryl methyl sites for hydroxylation is 2. The Labute approximate surface area is 98.1 Å². The molecule has 0 aliphatic heterocycles. The Balaban J connectivity index is 2.68. The summed E-state index contributed by atoms with van der Waals surface area (Å²) in [5.41, 5.74) is 1.19. The molecule has 1 aromatic heterocycles. The fraction of sp³-hybridized carbons (Fsp3) is 0.182. The van der Waals surface area contributed by atoms with E-state index in [1.165, 1.54) is 0 Å². The molecule has 0 amide bonds. The van der Waals surface area contributed by atoms with Crippen molar-refractivity contribution in [3.8, 4) is 11.8 Å². The van der Waals surface area contributed by atoms with Crippen LogP contribution in [0.15, 0.2) is 18.2 Å². The second-order valence-electron chi connectivity index (χ2n) is 3.39. The Morgan fingerprint density at radius 1 is 1.38 bits per heavy atom. The van der Waals surface area contributed by atoms with E-state index in [4.69, 9.17) is 16.9 Å². The Morgan fingerprint density at radius 2 is 2.12 bits per heavy atom. The molecule has 5 heteroatoms. The summed E-state index contributed by atoms with van der Waals surface area (Å²) in [5, 5.41) is 13.8. The smallest absolute Gasteiger partial charge is 0.148 e. The molecule has 2 rings (SSSR count). The molecule has 0 unspecified atom stereocenters. The number of aromatic nitrogens is 3. The fourth-order valence-corrected chi connectivity index (χ4v) is 1.69. The minimum absolute atomic E-state index is 0.525. The lowest BCUT2D eigenvalue weighted by Gasteiger charge is -2.05. The van der Waals surface area contributed by atoms with Crippen LogP contribution in [-0.2, 0) is 0 Å². The maximum absolute atomic E-state index is 9.01. The summed E-state index contributed by atoms with van der Waals surface area (Å²) in [6.45, 7) is 3.64. The molecule has 2 aromatic rings. The average molecular weight is 233 g/mol. The normalized spacial score (nSPS) is 10.1. The maximum atomic E-state index is 9.01. The molecule has 0 aliphatic rings. The van der Waals surface area contributed by atoms with Crippen LogP contribution in [0.25, 0.3) is 5.69 Å². The van der Waals surface area contributed by atoms with E-state index in [9.17, 15) is 0 Å². The summed E-state index contributed by atoms with van der Waals surface area (Å²) in [5.74, 6) is 1.40. The summed E-state index contributed by atoms with van der Waals surface area (Å²) >= 11 is 5.91. The number of hydrogen-bond donors (Lipinski definition) is 0. The molecule has 1 aromatic carbocycles. The van der Waals surface area contributed by atoms with Gasteiger partial charge in [0, 0.05) is 5.02 Å². The number of halogens is 1. The predicted molar refractivity (Wildman–Crippen MR) is 60.6 cm³/mol. The van der Waals surface area contributed by atoms with Crippen LogP contribution >= 0.6 is 11.6 Å². The van der Waals surface area contributed by atoms with E-state index in [0.717, 1.165) is 5.82 Å². The van der Waals surface area contributed by atoms with Gasteiger partial charge in [-0.15, -0.1) is 0 Å². The van der Waals surface area contributed by atoms with Crippen LogP contribution in [0.1, 0.15) is 17.2 Å². The number of rotatable bonds is 1. The lowest BCUT2D eigenvalue weighted by Crippen LogP contribution is -2.02. The zero-order valence-corrected chi connectivity index (χ0v) is 9.65. The van der Waals surface area contributed by atoms with Crippen LogP contribution in [-0.4, -0.2) is 14.8 Å². The van der Waals surface area contributed by atoms with Gasteiger partial charge in [0.05, 0.1) is 11.3 Å². The maximum Gasteiger partial charge on any atom is 0.148 e. The summed E-state index contributed by atoms with van der Waals surface area (Å²) in [7, 11) is 0. The molecule has 1 heterocycles. The van der Waals surface area contributed by atoms with Crippen LogP contribution in [0.4, 0.5) is 0 Å². The largest absolute Gasteiger partial charge is 0.217 e. The van der Waals surface area contributed by atoms with Gasteiger partial charge in [0.15, 0.2) is 0 Å². The van der Waals surface area contributed by atoms with Crippen LogP contribution in [0.5, 0.6) is 0 Å². The quantitative estimate of drug-likeness (QED) is 0.759. The van der Waals surface area contributed by atoms with Crippen molar-refractivity contribution < 1.29 is 0 Å². The van der Waals surface area contributed by atoms with E-state index >= 15 is 0 Å². The van der Waals surface area contributed by atoms with Crippen molar-refractivity contribution in [3.63, 3.8) is 0 Å². The van der Waals surface area contributed by atoms with Crippen LogP contribution in [0.2, 0.25) is 5.02 Å². The first-order valence-electron chi connectivity index (χ1n) is 4.72. The number of nitriles is 1. The first-order valence-corrected chi connectivity index (χ1v) is 5.10. The van der Waals surface area contributed by atoms with Crippen molar-refractivity contribution in [2.45, 2.75) is 13.8 Å². The van der Waals surface area contributed by atoms with Gasteiger partial charge in [-0.1, -0.05) is 11.6 Å². The van der Waals surface area contributed by atoms with Gasteiger partial charge in [0.25, 0.3) is 0 Å². The second kappa shape index (κ2) is 3.95. The number of nitrogens with zero attached hydrogens (tertiary/aromatic N) is 4. The summed E-state index contributed by atoms with van der Waals surface area (Å²) in [6, 6.07) is 7.18.